The van der Waals surface area contributed by atoms with Crippen LogP contribution in [0.3, 0.4) is 0 Å². The van der Waals surface area contributed by atoms with Gasteiger partial charge in [0.2, 0.25) is 0 Å². The summed E-state index contributed by atoms with van der Waals surface area (Å²) < 4.78 is 57.8. The molecule has 0 aromatic heterocycles. The first-order chi connectivity index (χ1) is 12.9. The van der Waals surface area contributed by atoms with Crippen LogP contribution in [0.25, 0.3) is 0 Å². The Morgan fingerprint density at radius 1 is 1.04 bits per heavy atom. The second-order valence-electron chi connectivity index (χ2n) is 4.97. The van der Waals surface area contributed by atoms with Gasteiger partial charge in [-0.3, -0.25) is 4.79 Å². The molecule has 2 rings (SSSR count). The van der Waals surface area contributed by atoms with Crippen LogP contribution >= 0.6 is 0 Å². The highest BCUT2D eigenvalue weighted by Gasteiger charge is 2.12. The Hall–Kier alpha value is -3.30. The number of para-hydroxylation sites is 1. The van der Waals surface area contributed by atoms with Crippen molar-refractivity contribution in [1.82, 2.24) is 5.43 Å². The number of anilines is 1. The lowest BCUT2D eigenvalue weighted by molar-refractivity contribution is -0.119. The number of hydrazone groups is 1. The first kappa shape index (κ1) is 20.0. The fourth-order valence-electron chi connectivity index (χ4n) is 1.95. The van der Waals surface area contributed by atoms with Gasteiger partial charge in [-0.1, -0.05) is 18.2 Å². The zero-order chi connectivity index (χ0) is 19.6. The summed E-state index contributed by atoms with van der Waals surface area (Å²) in [4.78, 5) is 11.7. The highest BCUT2D eigenvalue weighted by Crippen LogP contribution is 2.26. The Morgan fingerprint density at radius 2 is 1.74 bits per heavy atom. The van der Waals surface area contributed by atoms with Gasteiger partial charge in [0.05, 0.1) is 12.8 Å². The standard InChI is InChI=1S/C17H15F4N3O3/c18-16(19)26-13-7-6-11(14(8-13)27-17(20)21)9-23-24-15(25)10-22-12-4-2-1-3-5-12/h1-9,16-17,22H,10H2,(H,24,25)/b23-9+. The van der Waals surface area contributed by atoms with E-state index in [2.05, 4.69) is 25.3 Å². The monoisotopic (exact) mass is 385 g/mol. The first-order valence-electron chi connectivity index (χ1n) is 7.58. The Morgan fingerprint density at radius 3 is 2.41 bits per heavy atom. The number of halogens is 4. The van der Waals surface area contributed by atoms with Crippen LogP contribution in [0, 0.1) is 0 Å². The molecular weight excluding hydrogens is 370 g/mol. The number of hydrogen-bond acceptors (Lipinski definition) is 5. The summed E-state index contributed by atoms with van der Waals surface area (Å²) in [5.41, 5.74) is 2.97. The molecule has 0 bridgehead atoms. The van der Waals surface area contributed by atoms with Gasteiger partial charge >= 0.3 is 13.2 Å². The number of hydrogen-bond donors (Lipinski definition) is 2. The summed E-state index contributed by atoms with van der Waals surface area (Å²) in [7, 11) is 0. The van der Waals surface area contributed by atoms with Crippen molar-refractivity contribution >= 4 is 17.8 Å². The molecule has 1 amide bonds. The number of carbonyl (C=O) groups excluding carboxylic acids is 1. The molecule has 2 aromatic rings. The van der Waals surface area contributed by atoms with E-state index >= 15 is 0 Å². The lowest BCUT2D eigenvalue weighted by atomic mass is 10.2. The molecule has 0 unspecified atom stereocenters. The molecule has 0 aliphatic heterocycles. The molecule has 0 atom stereocenters. The van der Waals surface area contributed by atoms with E-state index in [1.54, 1.807) is 24.3 Å². The van der Waals surface area contributed by atoms with Crippen LogP contribution in [0.1, 0.15) is 5.56 Å². The van der Waals surface area contributed by atoms with Gasteiger partial charge in [-0.15, -0.1) is 0 Å². The van der Waals surface area contributed by atoms with Crippen molar-refractivity contribution in [1.29, 1.82) is 0 Å². The van der Waals surface area contributed by atoms with Crippen molar-refractivity contribution in [2.45, 2.75) is 13.2 Å². The van der Waals surface area contributed by atoms with Crippen LogP contribution in [0.4, 0.5) is 23.2 Å². The van der Waals surface area contributed by atoms with Crippen LogP contribution < -0.4 is 20.2 Å². The maximum absolute atomic E-state index is 12.5. The highest BCUT2D eigenvalue weighted by molar-refractivity contribution is 5.86. The second kappa shape index (κ2) is 10.00. The number of alkyl halides is 4. The summed E-state index contributed by atoms with van der Waals surface area (Å²) in [6.07, 6.45) is 1.05. The predicted octanol–water partition coefficient (Wildman–Crippen LogP) is 3.45. The lowest BCUT2D eigenvalue weighted by Crippen LogP contribution is -2.25. The quantitative estimate of drug-likeness (QED) is 0.394. The van der Waals surface area contributed by atoms with E-state index in [1.165, 1.54) is 6.07 Å². The van der Waals surface area contributed by atoms with Crippen LogP contribution in [-0.4, -0.2) is 31.9 Å². The van der Waals surface area contributed by atoms with E-state index in [0.717, 1.165) is 24.0 Å². The smallest absolute Gasteiger partial charge is 0.387 e. The van der Waals surface area contributed by atoms with Crippen LogP contribution in [-0.2, 0) is 4.79 Å². The molecule has 0 radical (unpaired) electrons. The number of nitrogens with one attached hydrogen (secondary N) is 2. The fourth-order valence-corrected chi connectivity index (χ4v) is 1.95. The normalized spacial score (nSPS) is 11.0. The van der Waals surface area contributed by atoms with E-state index in [4.69, 9.17) is 0 Å². The van der Waals surface area contributed by atoms with Crippen LogP contribution in [0.15, 0.2) is 53.6 Å². The minimum absolute atomic E-state index is 0.0354. The van der Waals surface area contributed by atoms with Gasteiger partial charge in [0.25, 0.3) is 5.91 Å². The largest absolute Gasteiger partial charge is 0.435 e. The Labute approximate surface area is 151 Å². The van der Waals surface area contributed by atoms with Gasteiger partial charge in [0, 0.05) is 17.3 Å². The predicted molar refractivity (Wildman–Crippen MR) is 90.4 cm³/mol. The maximum atomic E-state index is 12.5. The van der Waals surface area contributed by atoms with E-state index in [1.807, 2.05) is 6.07 Å². The average Bonchev–Trinajstić information content (AvgIpc) is 2.61. The molecule has 0 aliphatic carbocycles. The summed E-state index contributed by atoms with van der Waals surface area (Å²) in [6, 6.07) is 12.2. The average molecular weight is 385 g/mol. The summed E-state index contributed by atoms with van der Waals surface area (Å²) in [5, 5.41) is 6.49. The molecule has 6 nitrogen and oxygen atoms in total. The number of amides is 1. The second-order valence-corrected chi connectivity index (χ2v) is 4.97. The molecule has 144 valence electrons. The van der Waals surface area contributed by atoms with Crippen molar-refractivity contribution < 1.29 is 31.8 Å². The summed E-state index contributed by atoms with van der Waals surface area (Å²) in [5.74, 6) is -1.26. The van der Waals surface area contributed by atoms with Crippen LogP contribution in [0.2, 0.25) is 0 Å². The van der Waals surface area contributed by atoms with Crippen molar-refractivity contribution in [2.75, 3.05) is 11.9 Å². The van der Waals surface area contributed by atoms with E-state index in [9.17, 15) is 22.4 Å². The minimum atomic E-state index is -3.18. The van der Waals surface area contributed by atoms with Gasteiger partial charge in [-0.25, -0.2) is 5.43 Å². The molecule has 0 saturated heterocycles. The molecule has 10 heteroatoms. The Balaban J connectivity index is 1.96. The molecular formula is C17H15F4N3O3. The molecule has 0 saturated carbocycles. The number of benzene rings is 2. The summed E-state index contributed by atoms with van der Waals surface area (Å²) in [6.45, 7) is -6.35. The minimum Gasteiger partial charge on any atom is -0.435 e. The zero-order valence-corrected chi connectivity index (χ0v) is 13.7. The third-order valence-electron chi connectivity index (χ3n) is 3.05. The van der Waals surface area contributed by atoms with Crippen molar-refractivity contribution in [3.8, 4) is 11.5 Å². The topological polar surface area (TPSA) is 72.0 Å². The third-order valence-corrected chi connectivity index (χ3v) is 3.05. The van der Waals surface area contributed by atoms with Gasteiger partial charge in [-0.2, -0.15) is 22.7 Å². The molecule has 0 spiro atoms. The molecule has 0 fully saturated rings. The Kier molecular flexibility index (Phi) is 7.41. The van der Waals surface area contributed by atoms with Gasteiger partial charge in [0.1, 0.15) is 11.5 Å². The lowest BCUT2D eigenvalue weighted by Gasteiger charge is -2.10. The van der Waals surface area contributed by atoms with Gasteiger partial charge < -0.3 is 14.8 Å². The van der Waals surface area contributed by atoms with Crippen molar-refractivity contribution in [3.63, 3.8) is 0 Å². The van der Waals surface area contributed by atoms with E-state index in [-0.39, 0.29) is 17.9 Å². The molecule has 0 aliphatic rings. The summed E-state index contributed by atoms with van der Waals surface area (Å²) >= 11 is 0. The van der Waals surface area contributed by atoms with Gasteiger partial charge in [0.15, 0.2) is 0 Å². The third kappa shape index (κ3) is 7.22. The van der Waals surface area contributed by atoms with E-state index in [0.29, 0.717) is 0 Å². The number of carbonyl (C=O) groups is 1. The molecule has 27 heavy (non-hydrogen) atoms. The molecule has 0 heterocycles. The zero-order valence-electron chi connectivity index (χ0n) is 13.7. The Bertz CT molecular complexity index is 773. The number of ether oxygens (including phenoxy) is 2. The number of nitrogens with zero attached hydrogens (tertiary/aromatic N) is 1. The van der Waals surface area contributed by atoms with Crippen molar-refractivity contribution in [3.05, 3.63) is 54.1 Å². The fraction of sp³-hybridized carbons (Fsp3) is 0.176. The first-order valence-corrected chi connectivity index (χ1v) is 7.58. The number of rotatable bonds is 9. The molecule has 2 aromatic carbocycles. The highest BCUT2D eigenvalue weighted by atomic mass is 19.3. The molecule has 2 N–H and O–H groups in total. The maximum Gasteiger partial charge on any atom is 0.387 e. The van der Waals surface area contributed by atoms with Crippen LogP contribution in [0.5, 0.6) is 11.5 Å². The van der Waals surface area contributed by atoms with Gasteiger partial charge in [-0.05, 0) is 24.3 Å². The van der Waals surface area contributed by atoms with Crippen molar-refractivity contribution in [2.24, 2.45) is 5.10 Å². The van der Waals surface area contributed by atoms with E-state index < -0.39 is 24.9 Å². The SMILES string of the molecule is O=C(CNc1ccccc1)N/N=C/c1ccc(OC(F)F)cc1OC(F)F.